The lowest BCUT2D eigenvalue weighted by Crippen LogP contribution is -2.63. The molecule has 0 spiro atoms. The van der Waals surface area contributed by atoms with Crippen molar-refractivity contribution in [1.82, 2.24) is 15.1 Å². The van der Waals surface area contributed by atoms with E-state index >= 15 is 0 Å². The minimum absolute atomic E-state index is 0.0375. The van der Waals surface area contributed by atoms with Gasteiger partial charge < -0.3 is 14.6 Å². The first-order chi connectivity index (χ1) is 9.65. The summed E-state index contributed by atoms with van der Waals surface area (Å²) in [6.07, 6.45) is 0. The maximum Gasteiger partial charge on any atom is 0.433 e. The molecule has 1 aromatic heterocycles. The smallest absolute Gasteiger partial charge is 0.395 e. The van der Waals surface area contributed by atoms with Gasteiger partial charge in [-0.05, 0) is 6.07 Å². The van der Waals surface area contributed by atoms with Crippen molar-refractivity contribution in [2.24, 2.45) is 0 Å². The van der Waals surface area contributed by atoms with Gasteiger partial charge in [0.2, 0.25) is 0 Å². The third kappa shape index (κ3) is 2.39. The Labute approximate surface area is 115 Å². The zero-order valence-corrected chi connectivity index (χ0v) is 10.9. The van der Waals surface area contributed by atoms with Gasteiger partial charge in [0.15, 0.2) is 5.76 Å². The fourth-order valence-corrected chi connectivity index (χ4v) is 2.60. The van der Waals surface area contributed by atoms with Gasteiger partial charge in [-0.3, -0.25) is 19.8 Å². The summed E-state index contributed by atoms with van der Waals surface area (Å²) in [7, 11) is 0. The number of piperazine rings is 1. The van der Waals surface area contributed by atoms with E-state index in [1.54, 1.807) is 4.90 Å². The molecular formula is C12H16N4O4. The van der Waals surface area contributed by atoms with E-state index < -0.39 is 10.8 Å². The molecule has 1 amide bonds. The van der Waals surface area contributed by atoms with E-state index in [0.29, 0.717) is 19.1 Å². The lowest BCUT2D eigenvalue weighted by molar-refractivity contribution is -0.402. The highest BCUT2D eigenvalue weighted by molar-refractivity contribution is 5.92. The van der Waals surface area contributed by atoms with Crippen LogP contribution in [0, 0.1) is 10.1 Å². The lowest BCUT2D eigenvalue weighted by Gasteiger charge is -2.46. The van der Waals surface area contributed by atoms with Gasteiger partial charge >= 0.3 is 5.88 Å². The molecule has 108 valence electrons. The predicted molar refractivity (Wildman–Crippen MR) is 69.5 cm³/mol. The summed E-state index contributed by atoms with van der Waals surface area (Å²) in [4.78, 5) is 26.0. The van der Waals surface area contributed by atoms with E-state index in [0.717, 1.165) is 26.2 Å². The van der Waals surface area contributed by atoms with E-state index in [1.807, 2.05) is 0 Å². The number of nitrogens with zero attached hydrogens (tertiary/aromatic N) is 3. The molecule has 0 radical (unpaired) electrons. The van der Waals surface area contributed by atoms with Crippen molar-refractivity contribution >= 4 is 11.8 Å². The molecule has 0 atom stereocenters. The normalized spacial score (nSPS) is 20.7. The molecule has 8 nitrogen and oxygen atoms in total. The predicted octanol–water partition coefficient (Wildman–Crippen LogP) is -0.0826. The summed E-state index contributed by atoms with van der Waals surface area (Å²) < 4.78 is 4.93. The highest BCUT2D eigenvalue weighted by Gasteiger charge is 2.36. The van der Waals surface area contributed by atoms with E-state index in [4.69, 9.17) is 4.42 Å². The van der Waals surface area contributed by atoms with Crippen molar-refractivity contribution in [2.45, 2.75) is 6.04 Å². The fourth-order valence-electron chi connectivity index (χ4n) is 2.60. The van der Waals surface area contributed by atoms with Gasteiger partial charge in [0.1, 0.15) is 4.92 Å². The summed E-state index contributed by atoms with van der Waals surface area (Å²) in [6, 6.07) is 2.96. The molecule has 0 saturated carbocycles. The second-order valence-corrected chi connectivity index (χ2v) is 5.04. The molecule has 0 unspecified atom stereocenters. The Morgan fingerprint density at radius 1 is 1.35 bits per heavy atom. The van der Waals surface area contributed by atoms with Crippen molar-refractivity contribution in [1.29, 1.82) is 0 Å². The monoisotopic (exact) mass is 280 g/mol. The first-order valence-corrected chi connectivity index (χ1v) is 6.63. The largest absolute Gasteiger partial charge is 0.433 e. The second kappa shape index (κ2) is 5.22. The topological polar surface area (TPSA) is 91.9 Å². The molecule has 3 rings (SSSR count). The molecule has 2 aliphatic rings. The van der Waals surface area contributed by atoms with Gasteiger partial charge in [0.05, 0.1) is 6.07 Å². The molecule has 0 aliphatic carbocycles. The van der Waals surface area contributed by atoms with Crippen LogP contribution < -0.4 is 5.32 Å². The number of hydrogen-bond donors (Lipinski definition) is 1. The quantitative estimate of drug-likeness (QED) is 0.615. The summed E-state index contributed by atoms with van der Waals surface area (Å²) >= 11 is 0. The third-order valence-electron chi connectivity index (χ3n) is 3.80. The summed E-state index contributed by atoms with van der Waals surface area (Å²) in [5, 5.41) is 13.8. The van der Waals surface area contributed by atoms with Crippen molar-refractivity contribution in [2.75, 3.05) is 39.3 Å². The van der Waals surface area contributed by atoms with E-state index in [2.05, 4.69) is 10.2 Å². The fraction of sp³-hybridized carbons (Fsp3) is 0.583. The number of nitro groups is 1. The van der Waals surface area contributed by atoms with Crippen LogP contribution in [0.4, 0.5) is 5.88 Å². The first kappa shape index (κ1) is 13.1. The van der Waals surface area contributed by atoms with Gasteiger partial charge in [-0.1, -0.05) is 0 Å². The van der Waals surface area contributed by atoms with Crippen LogP contribution in [0.2, 0.25) is 0 Å². The molecule has 2 fully saturated rings. The zero-order chi connectivity index (χ0) is 14.1. The maximum absolute atomic E-state index is 12.1. The number of nitrogens with one attached hydrogen (secondary N) is 1. The molecular weight excluding hydrogens is 264 g/mol. The lowest BCUT2D eigenvalue weighted by atomic mass is 10.1. The molecule has 1 aromatic rings. The number of carbonyl (C=O) groups is 1. The van der Waals surface area contributed by atoms with Crippen molar-refractivity contribution in [3.8, 4) is 0 Å². The van der Waals surface area contributed by atoms with E-state index in [1.165, 1.54) is 12.1 Å². The number of likely N-dealkylation sites (tertiary alicyclic amines) is 1. The minimum Gasteiger partial charge on any atom is -0.395 e. The van der Waals surface area contributed by atoms with Crippen molar-refractivity contribution in [3.63, 3.8) is 0 Å². The maximum atomic E-state index is 12.1. The molecule has 8 heteroatoms. The van der Waals surface area contributed by atoms with Crippen LogP contribution in [0.5, 0.6) is 0 Å². The Bertz CT molecular complexity index is 517. The number of amides is 1. The SMILES string of the molecule is O=C(c1ccc([N+](=O)[O-])o1)N1CC(N2CCNCC2)C1. The van der Waals surface area contributed by atoms with Gasteiger partial charge in [-0.25, -0.2) is 0 Å². The Hall–Kier alpha value is -1.93. The number of rotatable bonds is 3. The van der Waals surface area contributed by atoms with Crippen LogP contribution in [0.1, 0.15) is 10.6 Å². The Kier molecular flexibility index (Phi) is 3.41. The van der Waals surface area contributed by atoms with Crippen LogP contribution in [0.25, 0.3) is 0 Å². The Morgan fingerprint density at radius 3 is 2.65 bits per heavy atom. The molecule has 0 aromatic carbocycles. The molecule has 2 aliphatic heterocycles. The molecule has 2 saturated heterocycles. The Balaban J connectivity index is 1.55. The number of hydrogen-bond acceptors (Lipinski definition) is 6. The molecule has 1 N–H and O–H groups in total. The van der Waals surface area contributed by atoms with Crippen molar-refractivity contribution < 1.29 is 14.1 Å². The number of carbonyl (C=O) groups excluding carboxylic acids is 1. The van der Waals surface area contributed by atoms with Crippen LogP contribution in [0.3, 0.4) is 0 Å². The average molecular weight is 280 g/mol. The Morgan fingerprint density at radius 2 is 2.05 bits per heavy atom. The van der Waals surface area contributed by atoms with Gasteiger partial charge in [-0.2, -0.15) is 0 Å². The second-order valence-electron chi connectivity index (χ2n) is 5.04. The standard InChI is InChI=1S/C12H16N4O4/c17-12(10-1-2-11(20-10)16(18)19)15-7-9(8-15)14-5-3-13-4-6-14/h1-2,9,13H,3-8H2. The van der Waals surface area contributed by atoms with Crippen LogP contribution >= 0.6 is 0 Å². The van der Waals surface area contributed by atoms with E-state index in [-0.39, 0.29) is 11.7 Å². The highest BCUT2D eigenvalue weighted by Crippen LogP contribution is 2.22. The first-order valence-electron chi connectivity index (χ1n) is 6.63. The molecule has 20 heavy (non-hydrogen) atoms. The summed E-state index contributed by atoms with van der Waals surface area (Å²) in [5.74, 6) is -0.632. The summed E-state index contributed by atoms with van der Waals surface area (Å²) in [5.41, 5.74) is 0. The molecule has 0 bridgehead atoms. The van der Waals surface area contributed by atoms with Crippen LogP contribution in [-0.2, 0) is 0 Å². The number of furan rings is 1. The zero-order valence-electron chi connectivity index (χ0n) is 10.9. The third-order valence-corrected chi connectivity index (χ3v) is 3.80. The van der Waals surface area contributed by atoms with E-state index in [9.17, 15) is 14.9 Å². The van der Waals surface area contributed by atoms with Gasteiger partial charge in [0.25, 0.3) is 5.91 Å². The average Bonchev–Trinajstić information content (AvgIpc) is 2.88. The highest BCUT2D eigenvalue weighted by atomic mass is 16.6. The molecule has 3 heterocycles. The minimum atomic E-state index is -0.642. The van der Waals surface area contributed by atoms with Crippen molar-refractivity contribution in [3.05, 3.63) is 28.0 Å². The van der Waals surface area contributed by atoms with Gasteiger partial charge in [0, 0.05) is 45.3 Å². The summed E-state index contributed by atoms with van der Waals surface area (Å²) in [6.45, 7) is 5.28. The van der Waals surface area contributed by atoms with Crippen LogP contribution in [-0.4, -0.2) is 65.9 Å². The van der Waals surface area contributed by atoms with Crippen LogP contribution in [0.15, 0.2) is 16.5 Å². The van der Waals surface area contributed by atoms with Gasteiger partial charge in [-0.15, -0.1) is 0 Å².